The molecule has 10 heteroatoms. The van der Waals surface area contributed by atoms with Crippen LogP contribution >= 0.6 is 0 Å². The summed E-state index contributed by atoms with van der Waals surface area (Å²) in [6.07, 6.45) is -3.04. The molecule has 0 saturated carbocycles. The van der Waals surface area contributed by atoms with Gasteiger partial charge in [-0.2, -0.15) is 13.2 Å². The molecule has 3 heterocycles. The lowest BCUT2D eigenvalue weighted by molar-refractivity contribution is -0.271. The van der Waals surface area contributed by atoms with Gasteiger partial charge in [0, 0.05) is 22.5 Å². The highest BCUT2D eigenvalue weighted by Gasteiger charge is 2.41. The molecule has 1 aliphatic heterocycles. The molecule has 5 rings (SSSR count). The van der Waals surface area contributed by atoms with Gasteiger partial charge in [-0.1, -0.05) is 18.2 Å². The van der Waals surface area contributed by atoms with Gasteiger partial charge < -0.3 is 9.15 Å². The fourth-order valence-corrected chi connectivity index (χ4v) is 3.14. The van der Waals surface area contributed by atoms with Crippen molar-refractivity contribution in [2.75, 3.05) is 6.61 Å². The van der Waals surface area contributed by atoms with Gasteiger partial charge in [-0.3, -0.25) is 10.4 Å². The minimum absolute atomic E-state index is 0.00859. The second kappa shape index (κ2) is 6.92. The maximum absolute atomic E-state index is 12.7. The molecule has 0 radical (unpaired) electrons. The number of alkyl halides is 3. The quantitative estimate of drug-likeness (QED) is 0.489. The van der Waals surface area contributed by atoms with Crippen LogP contribution in [0.5, 0.6) is 5.75 Å². The van der Waals surface area contributed by atoms with Gasteiger partial charge in [0.15, 0.2) is 5.84 Å². The first-order valence-electron chi connectivity index (χ1n) is 8.94. The highest BCUT2D eigenvalue weighted by Crippen LogP contribution is 2.32. The van der Waals surface area contributed by atoms with Crippen molar-refractivity contribution in [2.24, 2.45) is 5.10 Å². The van der Waals surface area contributed by atoms with Crippen LogP contribution in [-0.2, 0) is 0 Å². The number of fused-ring (bicyclic) bond motifs is 2. The lowest BCUT2D eigenvalue weighted by Gasteiger charge is -2.18. The van der Waals surface area contributed by atoms with Crippen LogP contribution in [0.4, 0.5) is 13.2 Å². The lowest BCUT2D eigenvalue weighted by Crippen LogP contribution is -2.51. The van der Waals surface area contributed by atoms with E-state index in [0.717, 1.165) is 16.5 Å². The summed E-state index contributed by atoms with van der Waals surface area (Å²) in [4.78, 5) is 4.32. The number of hydrazine groups is 2. The van der Waals surface area contributed by atoms with E-state index in [9.17, 15) is 13.2 Å². The number of nitrogens with zero attached hydrogens (tertiary/aromatic N) is 3. The Morgan fingerprint density at radius 2 is 1.93 bits per heavy atom. The van der Waals surface area contributed by atoms with E-state index in [1.807, 2.05) is 54.1 Å². The smallest absolute Gasteiger partial charge is 0.485 e. The van der Waals surface area contributed by atoms with Crippen molar-refractivity contribution in [3.8, 4) is 17.1 Å². The van der Waals surface area contributed by atoms with Crippen LogP contribution < -0.4 is 15.7 Å². The monoisotopic (exact) mass is 413 g/mol. The molecule has 2 N–H and O–H groups in total. The SMILES string of the molecule is FC(F)(F)N1NN=C(COc2ccnc3ccc(-c4cc5ccccc5o4)cc23)N1. The zero-order valence-electron chi connectivity index (χ0n) is 15.3. The van der Waals surface area contributed by atoms with Crippen LogP contribution in [0.1, 0.15) is 0 Å². The number of hydrazone groups is 1. The van der Waals surface area contributed by atoms with Crippen molar-refractivity contribution in [3.05, 3.63) is 60.8 Å². The second-order valence-corrected chi connectivity index (χ2v) is 6.55. The number of furan rings is 1. The van der Waals surface area contributed by atoms with Gasteiger partial charge in [-0.25, -0.2) is 5.53 Å². The van der Waals surface area contributed by atoms with Gasteiger partial charge in [0.1, 0.15) is 23.7 Å². The van der Waals surface area contributed by atoms with E-state index in [2.05, 4.69) is 15.5 Å². The average molecular weight is 413 g/mol. The van der Waals surface area contributed by atoms with Crippen molar-refractivity contribution in [1.82, 2.24) is 21.1 Å². The van der Waals surface area contributed by atoms with Gasteiger partial charge in [0.25, 0.3) is 0 Å². The van der Waals surface area contributed by atoms with E-state index < -0.39 is 6.30 Å². The third-order valence-electron chi connectivity index (χ3n) is 4.56. The summed E-state index contributed by atoms with van der Waals surface area (Å²) in [7, 11) is 0. The third-order valence-corrected chi connectivity index (χ3v) is 4.56. The summed E-state index contributed by atoms with van der Waals surface area (Å²) >= 11 is 0. The Morgan fingerprint density at radius 1 is 1.07 bits per heavy atom. The number of hydrogen-bond acceptors (Lipinski definition) is 7. The van der Waals surface area contributed by atoms with Crippen LogP contribution in [0.2, 0.25) is 0 Å². The van der Waals surface area contributed by atoms with E-state index in [4.69, 9.17) is 9.15 Å². The Bertz CT molecular complexity index is 1240. The molecular formula is C20H14F3N5O2. The second-order valence-electron chi connectivity index (χ2n) is 6.55. The predicted molar refractivity (Wildman–Crippen MR) is 104 cm³/mol. The minimum Gasteiger partial charge on any atom is -0.485 e. The van der Waals surface area contributed by atoms with Gasteiger partial charge in [-0.05, 0) is 41.5 Å². The molecule has 7 nitrogen and oxygen atoms in total. The van der Waals surface area contributed by atoms with E-state index >= 15 is 0 Å². The zero-order valence-corrected chi connectivity index (χ0v) is 15.3. The molecular weight excluding hydrogens is 399 g/mol. The number of amidine groups is 1. The summed E-state index contributed by atoms with van der Waals surface area (Å²) < 4.78 is 49.6. The number of benzene rings is 2. The molecule has 30 heavy (non-hydrogen) atoms. The summed E-state index contributed by atoms with van der Waals surface area (Å²) in [5.74, 6) is 1.15. The third kappa shape index (κ3) is 3.37. The van der Waals surface area contributed by atoms with E-state index in [1.54, 1.807) is 12.3 Å². The summed E-state index contributed by atoms with van der Waals surface area (Å²) in [5.41, 5.74) is 6.23. The van der Waals surface area contributed by atoms with E-state index in [1.165, 1.54) is 0 Å². The summed E-state index contributed by atoms with van der Waals surface area (Å²) in [6.45, 7) is -0.187. The zero-order chi connectivity index (χ0) is 20.7. The molecule has 0 aliphatic carbocycles. The topological polar surface area (TPSA) is 74.9 Å². The Hall–Kier alpha value is -3.79. The molecule has 0 bridgehead atoms. The molecule has 0 unspecified atom stereocenters. The molecule has 0 saturated heterocycles. The summed E-state index contributed by atoms with van der Waals surface area (Å²) in [6, 6.07) is 16.9. The number of pyridine rings is 1. The largest absolute Gasteiger partial charge is 0.497 e. The van der Waals surface area contributed by atoms with Gasteiger partial charge in [0.2, 0.25) is 0 Å². The Balaban J connectivity index is 1.41. The highest BCUT2D eigenvalue weighted by molar-refractivity contribution is 5.91. The van der Waals surface area contributed by atoms with Crippen molar-refractivity contribution in [1.29, 1.82) is 0 Å². The predicted octanol–water partition coefficient (Wildman–Crippen LogP) is 4.18. The Morgan fingerprint density at radius 3 is 2.73 bits per heavy atom. The number of para-hydroxylation sites is 1. The first-order chi connectivity index (χ1) is 14.5. The molecule has 152 valence electrons. The normalized spacial score (nSPS) is 14.6. The maximum Gasteiger partial charge on any atom is 0.497 e. The Labute approximate surface area is 167 Å². The minimum atomic E-state index is -4.61. The first kappa shape index (κ1) is 18.3. The molecule has 0 atom stereocenters. The average Bonchev–Trinajstić information content (AvgIpc) is 3.38. The molecule has 4 aromatic rings. The number of hydrogen-bond donors (Lipinski definition) is 2. The van der Waals surface area contributed by atoms with Crippen LogP contribution in [-0.4, -0.2) is 28.8 Å². The van der Waals surface area contributed by atoms with Crippen molar-refractivity contribution in [3.63, 3.8) is 0 Å². The molecule has 2 aromatic heterocycles. The van der Waals surface area contributed by atoms with Crippen molar-refractivity contribution < 1.29 is 22.3 Å². The van der Waals surface area contributed by atoms with Gasteiger partial charge in [0.05, 0.1) is 5.52 Å². The highest BCUT2D eigenvalue weighted by atomic mass is 19.4. The molecule has 2 aromatic carbocycles. The Kier molecular flexibility index (Phi) is 4.21. The standard InChI is InChI=1S/C20H14F3N5O2/c21-20(22,23)28-26-19(25-27-28)11-29-17-7-8-24-15-6-5-13(9-14(15)17)18-10-12-3-1-2-4-16(12)30-18/h1-10,27H,11H2,(H,25,26). The molecule has 1 aliphatic rings. The molecule has 0 spiro atoms. The van der Waals surface area contributed by atoms with E-state index in [-0.39, 0.29) is 17.6 Å². The number of halogens is 3. The molecule has 0 amide bonds. The summed E-state index contributed by atoms with van der Waals surface area (Å²) in [5, 5.41) is 5.11. The number of nitrogens with one attached hydrogen (secondary N) is 2. The van der Waals surface area contributed by atoms with Crippen molar-refractivity contribution in [2.45, 2.75) is 6.30 Å². The van der Waals surface area contributed by atoms with Gasteiger partial charge in [-0.15, -0.1) is 5.10 Å². The number of rotatable bonds is 4. The number of aromatic nitrogens is 1. The van der Waals surface area contributed by atoms with Crippen LogP contribution in [0, 0.1) is 0 Å². The fourth-order valence-electron chi connectivity index (χ4n) is 3.14. The van der Waals surface area contributed by atoms with Crippen LogP contribution in [0.3, 0.4) is 0 Å². The van der Waals surface area contributed by atoms with Crippen LogP contribution in [0.15, 0.2) is 70.3 Å². The fraction of sp³-hybridized carbons (Fsp3) is 0.100. The maximum atomic E-state index is 12.7. The lowest BCUT2D eigenvalue weighted by atomic mass is 10.1. The van der Waals surface area contributed by atoms with E-state index in [0.29, 0.717) is 22.4 Å². The molecule has 0 fully saturated rings. The van der Waals surface area contributed by atoms with Crippen molar-refractivity contribution >= 4 is 27.7 Å². The number of ether oxygens (including phenoxy) is 1. The van der Waals surface area contributed by atoms with Gasteiger partial charge >= 0.3 is 6.30 Å². The first-order valence-corrected chi connectivity index (χ1v) is 8.94. The van der Waals surface area contributed by atoms with Crippen LogP contribution in [0.25, 0.3) is 33.2 Å².